The average Bonchev–Trinajstić information content (AvgIpc) is 3.30. The first-order valence-corrected chi connectivity index (χ1v) is 9.81. The van der Waals surface area contributed by atoms with Crippen LogP contribution in [0.5, 0.6) is 0 Å². The SMILES string of the molecule is Cn1nc2c(c1-c1ccccc1)CCN(C(=O)c1ccc3scnc3c1)C2. The number of rotatable bonds is 2. The molecule has 0 saturated heterocycles. The van der Waals surface area contributed by atoms with Gasteiger partial charge in [-0.1, -0.05) is 30.3 Å². The molecule has 5 nitrogen and oxygen atoms in total. The third kappa shape index (κ3) is 2.73. The number of nitrogens with zero attached hydrogens (tertiary/aromatic N) is 4. The summed E-state index contributed by atoms with van der Waals surface area (Å²) in [6, 6.07) is 16.1. The fraction of sp³-hybridized carbons (Fsp3) is 0.190. The minimum absolute atomic E-state index is 0.0439. The molecule has 4 aromatic rings. The number of benzene rings is 2. The summed E-state index contributed by atoms with van der Waals surface area (Å²) in [6.07, 6.45) is 0.818. The Morgan fingerprint density at radius 3 is 2.85 bits per heavy atom. The van der Waals surface area contributed by atoms with Crippen LogP contribution in [0.4, 0.5) is 0 Å². The van der Waals surface area contributed by atoms with Gasteiger partial charge < -0.3 is 4.90 Å². The molecule has 134 valence electrons. The average molecular weight is 374 g/mol. The molecule has 0 radical (unpaired) electrons. The predicted molar refractivity (Wildman–Crippen MR) is 107 cm³/mol. The van der Waals surface area contributed by atoms with E-state index in [1.165, 1.54) is 11.1 Å². The van der Waals surface area contributed by atoms with Crippen LogP contribution >= 0.6 is 11.3 Å². The van der Waals surface area contributed by atoms with E-state index < -0.39 is 0 Å². The molecule has 6 heteroatoms. The molecule has 5 rings (SSSR count). The molecule has 2 aromatic heterocycles. The van der Waals surface area contributed by atoms with Crippen LogP contribution in [0, 0.1) is 0 Å². The zero-order chi connectivity index (χ0) is 18.4. The molecule has 0 atom stereocenters. The lowest BCUT2D eigenvalue weighted by Crippen LogP contribution is -2.35. The third-order valence-corrected chi connectivity index (χ3v) is 5.92. The van der Waals surface area contributed by atoms with Gasteiger partial charge in [0, 0.05) is 30.3 Å². The van der Waals surface area contributed by atoms with Crippen LogP contribution in [0.2, 0.25) is 0 Å². The Bertz CT molecular complexity index is 1150. The van der Waals surface area contributed by atoms with E-state index in [1.807, 2.05) is 58.5 Å². The Balaban J connectivity index is 1.45. The second-order valence-electron chi connectivity index (χ2n) is 6.78. The summed E-state index contributed by atoms with van der Waals surface area (Å²) in [4.78, 5) is 19.2. The molecule has 0 bridgehead atoms. The Morgan fingerprint density at radius 2 is 2.00 bits per heavy atom. The molecule has 2 aromatic carbocycles. The van der Waals surface area contributed by atoms with Gasteiger partial charge in [0.2, 0.25) is 0 Å². The highest BCUT2D eigenvalue weighted by Gasteiger charge is 2.27. The van der Waals surface area contributed by atoms with Crippen molar-refractivity contribution >= 4 is 27.5 Å². The second kappa shape index (κ2) is 6.32. The molecule has 1 amide bonds. The molecule has 0 unspecified atom stereocenters. The number of amides is 1. The van der Waals surface area contributed by atoms with Gasteiger partial charge in [-0.3, -0.25) is 9.48 Å². The lowest BCUT2D eigenvalue weighted by molar-refractivity contribution is 0.0732. The number of hydrogen-bond donors (Lipinski definition) is 0. The molecular formula is C21H18N4OS. The van der Waals surface area contributed by atoms with Crippen molar-refractivity contribution in [1.82, 2.24) is 19.7 Å². The summed E-state index contributed by atoms with van der Waals surface area (Å²) in [5.74, 6) is 0.0439. The molecule has 0 saturated carbocycles. The van der Waals surface area contributed by atoms with Gasteiger partial charge in [0.1, 0.15) is 0 Å². The number of fused-ring (bicyclic) bond motifs is 2. The number of aryl methyl sites for hydroxylation is 1. The van der Waals surface area contributed by atoms with E-state index in [1.54, 1.807) is 11.3 Å². The minimum Gasteiger partial charge on any atom is -0.332 e. The van der Waals surface area contributed by atoms with Crippen LogP contribution in [-0.2, 0) is 20.0 Å². The van der Waals surface area contributed by atoms with Crippen LogP contribution in [-0.4, -0.2) is 32.1 Å². The first-order valence-electron chi connectivity index (χ1n) is 8.93. The van der Waals surface area contributed by atoms with Crippen molar-refractivity contribution in [3.05, 3.63) is 70.9 Å². The first-order chi connectivity index (χ1) is 13.2. The molecule has 0 fully saturated rings. The van der Waals surface area contributed by atoms with E-state index >= 15 is 0 Å². The van der Waals surface area contributed by atoms with Crippen LogP contribution in [0.15, 0.2) is 54.0 Å². The van der Waals surface area contributed by atoms with Crippen LogP contribution in [0.25, 0.3) is 21.5 Å². The third-order valence-electron chi connectivity index (χ3n) is 5.11. The second-order valence-corrected chi connectivity index (χ2v) is 7.66. The first kappa shape index (κ1) is 16.2. The molecule has 0 spiro atoms. The molecule has 1 aliphatic rings. The molecular weight excluding hydrogens is 356 g/mol. The van der Waals surface area contributed by atoms with Crippen molar-refractivity contribution in [3.63, 3.8) is 0 Å². The summed E-state index contributed by atoms with van der Waals surface area (Å²) in [6.45, 7) is 1.25. The molecule has 27 heavy (non-hydrogen) atoms. The summed E-state index contributed by atoms with van der Waals surface area (Å²) in [5.41, 5.74) is 7.95. The van der Waals surface area contributed by atoms with Gasteiger partial charge >= 0.3 is 0 Å². The summed E-state index contributed by atoms with van der Waals surface area (Å²) < 4.78 is 3.04. The van der Waals surface area contributed by atoms with Gasteiger partial charge in [0.05, 0.1) is 33.7 Å². The molecule has 1 aliphatic heterocycles. The molecule has 0 aliphatic carbocycles. The predicted octanol–water partition coefficient (Wildman–Crippen LogP) is 3.90. The fourth-order valence-electron chi connectivity index (χ4n) is 3.82. The van der Waals surface area contributed by atoms with Gasteiger partial charge in [-0.25, -0.2) is 4.98 Å². The van der Waals surface area contributed by atoms with Gasteiger partial charge in [-0.2, -0.15) is 5.10 Å². The smallest absolute Gasteiger partial charge is 0.254 e. The van der Waals surface area contributed by atoms with E-state index in [4.69, 9.17) is 5.10 Å². The van der Waals surface area contributed by atoms with Gasteiger partial charge in [-0.05, 0) is 24.6 Å². The van der Waals surface area contributed by atoms with E-state index in [0.29, 0.717) is 18.7 Å². The Morgan fingerprint density at radius 1 is 1.15 bits per heavy atom. The topological polar surface area (TPSA) is 51.0 Å². The number of carbonyl (C=O) groups excluding carboxylic acids is 1. The van der Waals surface area contributed by atoms with Crippen molar-refractivity contribution < 1.29 is 4.79 Å². The summed E-state index contributed by atoms with van der Waals surface area (Å²) in [7, 11) is 1.98. The number of aromatic nitrogens is 3. The normalized spacial score (nSPS) is 13.7. The lowest BCUT2D eigenvalue weighted by atomic mass is 9.99. The van der Waals surface area contributed by atoms with Crippen LogP contribution in [0.1, 0.15) is 21.6 Å². The maximum absolute atomic E-state index is 13.0. The largest absolute Gasteiger partial charge is 0.332 e. The van der Waals surface area contributed by atoms with Crippen LogP contribution < -0.4 is 0 Å². The van der Waals surface area contributed by atoms with E-state index in [9.17, 15) is 4.79 Å². The maximum atomic E-state index is 13.0. The highest BCUT2D eigenvalue weighted by atomic mass is 32.1. The highest BCUT2D eigenvalue weighted by molar-refractivity contribution is 7.16. The van der Waals surface area contributed by atoms with Crippen molar-refractivity contribution in [2.45, 2.75) is 13.0 Å². The monoisotopic (exact) mass is 374 g/mol. The quantitative estimate of drug-likeness (QED) is 0.535. The van der Waals surface area contributed by atoms with Crippen molar-refractivity contribution in [3.8, 4) is 11.3 Å². The number of carbonyl (C=O) groups is 1. The minimum atomic E-state index is 0.0439. The standard InChI is InChI=1S/C21H18N4OS/c1-24-20(14-5-3-2-4-6-14)16-9-10-25(12-18(16)23-24)21(26)15-7-8-19-17(11-15)22-13-27-19/h2-8,11,13H,9-10,12H2,1H3. The van der Waals surface area contributed by atoms with Crippen molar-refractivity contribution in [1.29, 1.82) is 0 Å². The lowest BCUT2D eigenvalue weighted by Gasteiger charge is -2.26. The zero-order valence-corrected chi connectivity index (χ0v) is 15.7. The van der Waals surface area contributed by atoms with E-state index in [0.717, 1.165) is 28.0 Å². The van der Waals surface area contributed by atoms with E-state index in [-0.39, 0.29) is 5.91 Å². The Labute approximate surface area is 160 Å². The number of thiazole rings is 1. The Kier molecular flexibility index (Phi) is 3.79. The molecule has 0 N–H and O–H groups in total. The van der Waals surface area contributed by atoms with Crippen molar-refractivity contribution in [2.24, 2.45) is 7.05 Å². The van der Waals surface area contributed by atoms with Gasteiger partial charge in [0.15, 0.2) is 0 Å². The number of hydrogen-bond acceptors (Lipinski definition) is 4. The highest BCUT2D eigenvalue weighted by Crippen LogP contribution is 2.30. The van der Waals surface area contributed by atoms with E-state index in [2.05, 4.69) is 17.1 Å². The summed E-state index contributed by atoms with van der Waals surface area (Å²) >= 11 is 1.59. The zero-order valence-electron chi connectivity index (χ0n) is 14.9. The summed E-state index contributed by atoms with van der Waals surface area (Å²) in [5, 5.41) is 4.71. The Hall–Kier alpha value is -2.99. The van der Waals surface area contributed by atoms with Gasteiger partial charge in [0.25, 0.3) is 5.91 Å². The van der Waals surface area contributed by atoms with Crippen molar-refractivity contribution in [2.75, 3.05) is 6.54 Å². The fourth-order valence-corrected chi connectivity index (χ4v) is 4.48. The van der Waals surface area contributed by atoms with Crippen LogP contribution in [0.3, 0.4) is 0 Å². The molecule has 3 heterocycles. The maximum Gasteiger partial charge on any atom is 0.254 e. The van der Waals surface area contributed by atoms with Gasteiger partial charge in [-0.15, -0.1) is 11.3 Å².